The Labute approximate surface area is 111 Å². The highest BCUT2D eigenvalue weighted by Crippen LogP contribution is 2.28. The van der Waals surface area contributed by atoms with E-state index in [0.717, 1.165) is 42.8 Å². The summed E-state index contributed by atoms with van der Waals surface area (Å²) in [6.07, 6.45) is 0. The van der Waals surface area contributed by atoms with E-state index in [1.807, 2.05) is 12.1 Å². The van der Waals surface area contributed by atoms with Gasteiger partial charge in [-0.05, 0) is 25.2 Å². The van der Waals surface area contributed by atoms with E-state index in [4.69, 9.17) is 0 Å². The van der Waals surface area contributed by atoms with Crippen LogP contribution >= 0.6 is 11.3 Å². The van der Waals surface area contributed by atoms with Crippen LogP contribution in [-0.4, -0.2) is 43.0 Å². The molecule has 0 N–H and O–H groups in total. The lowest BCUT2D eigenvalue weighted by Crippen LogP contribution is -2.43. The van der Waals surface area contributed by atoms with Crippen molar-refractivity contribution in [2.24, 2.45) is 0 Å². The van der Waals surface area contributed by atoms with Gasteiger partial charge in [-0.1, -0.05) is 6.07 Å². The fourth-order valence-corrected chi connectivity index (χ4v) is 3.50. The van der Waals surface area contributed by atoms with Crippen molar-refractivity contribution in [3.8, 4) is 0 Å². The van der Waals surface area contributed by atoms with Crippen molar-refractivity contribution in [2.75, 3.05) is 33.2 Å². The SMILES string of the molecule is CN1CCN(Cc2cc3c(F)cccc3s2)CC1. The Hall–Kier alpha value is -0.970. The molecule has 0 saturated carbocycles. The van der Waals surface area contributed by atoms with Gasteiger partial charge in [-0.3, -0.25) is 4.90 Å². The second-order valence-corrected chi connectivity index (χ2v) is 6.11. The summed E-state index contributed by atoms with van der Waals surface area (Å²) >= 11 is 1.71. The highest BCUT2D eigenvalue weighted by atomic mass is 32.1. The van der Waals surface area contributed by atoms with Crippen LogP contribution in [0.1, 0.15) is 4.88 Å². The molecule has 96 valence electrons. The van der Waals surface area contributed by atoms with E-state index in [-0.39, 0.29) is 5.82 Å². The Balaban J connectivity index is 1.77. The summed E-state index contributed by atoms with van der Waals surface area (Å²) in [5, 5.41) is 0.770. The normalized spacial score (nSPS) is 18.6. The number of rotatable bonds is 2. The molecule has 1 aliphatic heterocycles. The van der Waals surface area contributed by atoms with Crippen LogP contribution in [-0.2, 0) is 6.54 Å². The van der Waals surface area contributed by atoms with Crippen LogP contribution in [0.15, 0.2) is 24.3 Å². The molecule has 1 aliphatic rings. The van der Waals surface area contributed by atoms with Gasteiger partial charge in [-0.15, -0.1) is 11.3 Å². The van der Waals surface area contributed by atoms with E-state index in [1.165, 1.54) is 10.9 Å². The number of benzene rings is 1. The highest BCUT2D eigenvalue weighted by molar-refractivity contribution is 7.19. The lowest BCUT2D eigenvalue weighted by atomic mass is 10.2. The Morgan fingerprint density at radius 1 is 1.22 bits per heavy atom. The molecule has 0 spiro atoms. The molecule has 1 fully saturated rings. The maximum atomic E-state index is 13.6. The molecule has 2 nitrogen and oxygen atoms in total. The van der Waals surface area contributed by atoms with E-state index >= 15 is 0 Å². The smallest absolute Gasteiger partial charge is 0.131 e. The third-order valence-corrected chi connectivity index (χ3v) is 4.62. The van der Waals surface area contributed by atoms with Gasteiger partial charge in [0.05, 0.1) is 0 Å². The lowest BCUT2D eigenvalue weighted by Gasteiger charge is -2.31. The first-order valence-corrected chi connectivity index (χ1v) is 7.12. The second-order valence-electron chi connectivity index (χ2n) is 4.94. The van der Waals surface area contributed by atoms with E-state index in [1.54, 1.807) is 17.4 Å². The molecule has 1 aromatic heterocycles. The van der Waals surface area contributed by atoms with Crippen LogP contribution in [0.5, 0.6) is 0 Å². The number of nitrogens with zero attached hydrogens (tertiary/aromatic N) is 2. The van der Waals surface area contributed by atoms with Gasteiger partial charge in [-0.2, -0.15) is 0 Å². The summed E-state index contributed by atoms with van der Waals surface area (Å²) < 4.78 is 14.7. The molecule has 0 unspecified atom stereocenters. The van der Waals surface area contributed by atoms with Crippen molar-refractivity contribution in [3.63, 3.8) is 0 Å². The van der Waals surface area contributed by atoms with Crippen molar-refractivity contribution >= 4 is 21.4 Å². The van der Waals surface area contributed by atoms with E-state index in [0.29, 0.717) is 0 Å². The van der Waals surface area contributed by atoms with Gasteiger partial charge in [0, 0.05) is 47.7 Å². The molecule has 2 aromatic rings. The van der Waals surface area contributed by atoms with Crippen LogP contribution in [0.2, 0.25) is 0 Å². The van der Waals surface area contributed by atoms with Crippen LogP contribution in [0.3, 0.4) is 0 Å². The minimum absolute atomic E-state index is 0.103. The molecular weight excluding hydrogens is 247 g/mol. The van der Waals surface area contributed by atoms with Gasteiger partial charge in [0.15, 0.2) is 0 Å². The quantitative estimate of drug-likeness (QED) is 0.823. The largest absolute Gasteiger partial charge is 0.304 e. The van der Waals surface area contributed by atoms with E-state index < -0.39 is 0 Å². The van der Waals surface area contributed by atoms with Gasteiger partial charge in [0.1, 0.15) is 5.82 Å². The molecule has 0 radical (unpaired) electrons. The molecule has 1 aromatic carbocycles. The van der Waals surface area contributed by atoms with Gasteiger partial charge < -0.3 is 4.90 Å². The Bertz CT molecular complexity index is 544. The van der Waals surface area contributed by atoms with Crippen molar-refractivity contribution in [3.05, 3.63) is 35.0 Å². The average molecular weight is 264 g/mol. The van der Waals surface area contributed by atoms with Crippen molar-refractivity contribution in [1.82, 2.24) is 9.80 Å². The second kappa shape index (κ2) is 4.96. The highest BCUT2D eigenvalue weighted by Gasteiger charge is 2.15. The number of likely N-dealkylation sites (N-methyl/N-ethyl adjacent to an activating group) is 1. The molecule has 4 heteroatoms. The third kappa shape index (κ3) is 2.41. The number of fused-ring (bicyclic) bond motifs is 1. The lowest BCUT2D eigenvalue weighted by molar-refractivity contribution is 0.149. The first kappa shape index (κ1) is 12.1. The maximum Gasteiger partial charge on any atom is 0.131 e. The predicted molar refractivity (Wildman–Crippen MR) is 74.6 cm³/mol. The summed E-state index contributed by atoms with van der Waals surface area (Å²) in [7, 11) is 2.16. The zero-order valence-corrected chi connectivity index (χ0v) is 11.3. The molecule has 0 amide bonds. The monoisotopic (exact) mass is 264 g/mol. The molecule has 2 heterocycles. The first-order chi connectivity index (χ1) is 8.72. The zero-order chi connectivity index (χ0) is 12.5. The molecule has 0 atom stereocenters. The van der Waals surface area contributed by atoms with Crippen LogP contribution in [0, 0.1) is 5.82 Å². The summed E-state index contributed by atoms with van der Waals surface area (Å²) in [5.41, 5.74) is 0. The summed E-state index contributed by atoms with van der Waals surface area (Å²) in [4.78, 5) is 6.06. The fourth-order valence-electron chi connectivity index (χ4n) is 2.38. The summed E-state index contributed by atoms with van der Waals surface area (Å²) in [6.45, 7) is 5.41. The molecule has 3 rings (SSSR count). The minimum atomic E-state index is -0.103. The number of thiophene rings is 1. The summed E-state index contributed by atoms with van der Waals surface area (Å²) in [6, 6.07) is 7.33. The molecular formula is C14H17FN2S. The zero-order valence-electron chi connectivity index (χ0n) is 10.5. The van der Waals surface area contributed by atoms with Gasteiger partial charge in [0.25, 0.3) is 0 Å². The standard InChI is InChI=1S/C14H17FN2S/c1-16-5-7-17(8-6-16)10-11-9-12-13(15)3-2-4-14(12)18-11/h2-4,9H,5-8,10H2,1H3. The average Bonchev–Trinajstić information content (AvgIpc) is 2.76. The fraction of sp³-hybridized carbons (Fsp3) is 0.429. The van der Waals surface area contributed by atoms with Gasteiger partial charge >= 0.3 is 0 Å². The Morgan fingerprint density at radius 3 is 2.72 bits per heavy atom. The minimum Gasteiger partial charge on any atom is -0.304 e. The molecule has 0 bridgehead atoms. The van der Waals surface area contributed by atoms with Gasteiger partial charge in [0.2, 0.25) is 0 Å². The summed E-state index contributed by atoms with van der Waals surface area (Å²) in [5.74, 6) is -0.103. The van der Waals surface area contributed by atoms with Gasteiger partial charge in [-0.25, -0.2) is 4.39 Å². The van der Waals surface area contributed by atoms with E-state index in [2.05, 4.69) is 16.8 Å². The van der Waals surface area contributed by atoms with Crippen LogP contribution < -0.4 is 0 Å². The Morgan fingerprint density at radius 2 is 2.00 bits per heavy atom. The van der Waals surface area contributed by atoms with Crippen molar-refractivity contribution < 1.29 is 4.39 Å². The predicted octanol–water partition coefficient (Wildman–Crippen LogP) is 2.79. The number of hydrogen-bond acceptors (Lipinski definition) is 3. The first-order valence-electron chi connectivity index (χ1n) is 6.30. The maximum absolute atomic E-state index is 13.6. The topological polar surface area (TPSA) is 6.48 Å². The van der Waals surface area contributed by atoms with Crippen molar-refractivity contribution in [1.29, 1.82) is 0 Å². The van der Waals surface area contributed by atoms with E-state index in [9.17, 15) is 4.39 Å². The molecule has 0 aliphatic carbocycles. The molecule has 1 saturated heterocycles. The van der Waals surface area contributed by atoms with Crippen molar-refractivity contribution in [2.45, 2.75) is 6.54 Å². The number of hydrogen-bond donors (Lipinski definition) is 0. The Kier molecular flexibility index (Phi) is 3.33. The number of halogens is 1. The number of piperazine rings is 1. The molecule has 18 heavy (non-hydrogen) atoms. The van der Waals surface area contributed by atoms with Crippen LogP contribution in [0.25, 0.3) is 10.1 Å². The third-order valence-electron chi connectivity index (χ3n) is 3.53. The van der Waals surface area contributed by atoms with Crippen LogP contribution in [0.4, 0.5) is 4.39 Å².